The summed E-state index contributed by atoms with van der Waals surface area (Å²) in [5.41, 5.74) is 1.64. The lowest BCUT2D eigenvalue weighted by Crippen LogP contribution is -2.44. The zero-order valence-corrected chi connectivity index (χ0v) is 14.1. The summed E-state index contributed by atoms with van der Waals surface area (Å²) >= 11 is 0. The first-order valence-corrected chi connectivity index (χ1v) is 8.48. The highest BCUT2D eigenvalue weighted by molar-refractivity contribution is 5.41. The SMILES string of the molecule is CN(c1cccc(C#N)n1)C1CCN(CCc2ccccn2)CC1. The molecule has 5 heteroatoms. The van der Waals surface area contributed by atoms with E-state index in [9.17, 15) is 0 Å². The predicted octanol–water partition coefficient (Wildman–Crippen LogP) is 2.49. The van der Waals surface area contributed by atoms with Gasteiger partial charge in [-0.1, -0.05) is 12.1 Å². The number of piperidine rings is 1. The van der Waals surface area contributed by atoms with Gasteiger partial charge in [0.2, 0.25) is 0 Å². The summed E-state index contributed by atoms with van der Waals surface area (Å²) in [5.74, 6) is 0.890. The van der Waals surface area contributed by atoms with Crippen LogP contribution in [0, 0.1) is 11.3 Å². The number of nitriles is 1. The van der Waals surface area contributed by atoms with Crippen molar-refractivity contribution in [1.82, 2.24) is 14.9 Å². The van der Waals surface area contributed by atoms with Gasteiger partial charge in [-0.05, 0) is 37.1 Å². The van der Waals surface area contributed by atoms with Crippen LogP contribution in [0.15, 0.2) is 42.6 Å². The molecule has 0 spiro atoms. The molecule has 1 aliphatic heterocycles. The number of anilines is 1. The quantitative estimate of drug-likeness (QED) is 0.847. The van der Waals surface area contributed by atoms with Crippen LogP contribution in [0.2, 0.25) is 0 Å². The van der Waals surface area contributed by atoms with Crippen LogP contribution >= 0.6 is 0 Å². The van der Waals surface area contributed by atoms with Crippen molar-refractivity contribution in [3.63, 3.8) is 0 Å². The Kier molecular flexibility index (Phi) is 5.39. The van der Waals surface area contributed by atoms with Gasteiger partial charge in [0.25, 0.3) is 0 Å². The van der Waals surface area contributed by atoms with Gasteiger partial charge in [0.05, 0.1) is 0 Å². The first-order valence-electron chi connectivity index (χ1n) is 8.48. The topological polar surface area (TPSA) is 56.1 Å². The highest BCUT2D eigenvalue weighted by Crippen LogP contribution is 2.20. The molecular formula is C19H23N5. The number of rotatable bonds is 5. The maximum absolute atomic E-state index is 9.00. The average Bonchev–Trinajstić information content (AvgIpc) is 2.67. The van der Waals surface area contributed by atoms with Crippen LogP contribution in [0.4, 0.5) is 5.82 Å². The molecule has 24 heavy (non-hydrogen) atoms. The standard InChI is InChI=1S/C19H23N5/c1-23(19-7-4-6-17(15-20)22-19)18-9-13-24(14-10-18)12-8-16-5-2-3-11-21-16/h2-7,11,18H,8-10,12-14H2,1H3. The van der Waals surface area contributed by atoms with Crippen molar-refractivity contribution in [3.8, 4) is 6.07 Å². The van der Waals surface area contributed by atoms with Crippen LogP contribution in [0.25, 0.3) is 0 Å². The van der Waals surface area contributed by atoms with Gasteiger partial charge in [0.1, 0.15) is 17.6 Å². The normalized spacial score (nSPS) is 15.8. The molecule has 1 fully saturated rings. The summed E-state index contributed by atoms with van der Waals surface area (Å²) in [7, 11) is 2.08. The van der Waals surface area contributed by atoms with Gasteiger partial charge < -0.3 is 9.80 Å². The molecule has 2 aromatic heterocycles. The van der Waals surface area contributed by atoms with Crippen molar-refractivity contribution < 1.29 is 0 Å². The van der Waals surface area contributed by atoms with E-state index >= 15 is 0 Å². The molecule has 0 saturated carbocycles. The molecule has 5 nitrogen and oxygen atoms in total. The molecule has 0 N–H and O–H groups in total. The molecule has 0 aromatic carbocycles. The lowest BCUT2D eigenvalue weighted by atomic mass is 10.0. The van der Waals surface area contributed by atoms with E-state index in [1.165, 1.54) is 0 Å². The Morgan fingerprint density at radius 3 is 2.75 bits per heavy atom. The minimum atomic E-state index is 0.479. The van der Waals surface area contributed by atoms with Crippen molar-refractivity contribution in [2.75, 3.05) is 31.6 Å². The Morgan fingerprint density at radius 2 is 2.04 bits per heavy atom. The third-order valence-corrected chi connectivity index (χ3v) is 4.73. The van der Waals surface area contributed by atoms with Gasteiger partial charge in [-0.2, -0.15) is 5.26 Å². The van der Waals surface area contributed by atoms with E-state index in [4.69, 9.17) is 5.26 Å². The summed E-state index contributed by atoms with van der Waals surface area (Å²) in [6.07, 6.45) is 5.11. The van der Waals surface area contributed by atoms with Crippen LogP contribution in [-0.4, -0.2) is 47.6 Å². The van der Waals surface area contributed by atoms with E-state index in [2.05, 4.69) is 39.0 Å². The van der Waals surface area contributed by atoms with Gasteiger partial charge in [-0.25, -0.2) is 4.98 Å². The number of hydrogen-bond acceptors (Lipinski definition) is 5. The van der Waals surface area contributed by atoms with Crippen LogP contribution in [0.1, 0.15) is 24.2 Å². The molecule has 0 aliphatic carbocycles. The van der Waals surface area contributed by atoms with Gasteiger partial charge in [-0.15, -0.1) is 0 Å². The molecule has 124 valence electrons. The maximum Gasteiger partial charge on any atom is 0.142 e. The molecule has 2 aromatic rings. The number of aromatic nitrogens is 2. The van der Waals surface area contributed by atoms with E-state index in [-0.39, 0.29) is 0 Å². The van der Waals surface area contributed by atoms with Crippen LogP contribution in [0.3, 0.4) is 0 Å². The van der Waals surface area contributed by atoms with E-state index in [0.29, 0.717) is 11.7 Å². The smallest absolute Gasteiger partial charge is 0.142 e. The predicted molar refractivity (Wildman–Crippen MR) is 94.8 cm³/mol. The zero-order chi connectivity index (χ0) is 16.8. The molecule has 0 radical (unpaired) electrons. The molecule has 1 aliphatic rings. The summed E-state index contributed by atoms with van der Waals surface area (Å²) < 4.78 is 0. The average molecular weight is 321 g/mol. The van der Waals surface area contributed by atoms with Gasteiger partial charge in [-0.3, -0.25) is 4.98 Å². The second kappa shape index (κ2) is 7.89. The minimum absolute atomic E-state index is 0.479. The van der Waals surface area contributed by atoms with E-state index < -0.39 is 0 Å². The molecule has 0 unspecified atom stereocenters. The molecule has 0 bridgehead atoms. The van der Waals surface area contributed by atoms with Crippen LogP contribution in [0.5, 0.6) is 0 Å². The molecule has 3 rings (SSSR count). The second-order valence-electron chi connectivity index (χ2n) is 6.25. The van der Waals surface area contributed by atoms with Crippen LogP contribution in [-0.2, 0) is 6.42 Å². The Morgan fingerprint density at radius 1 is 1.21 bits per heavy atom. The van der Waals surface area contributed by atoms with Gasteiger partial charge in [0.15, 0.2) is 0 Å². The van der Waals surface area contributed by atoms with Crippen molar-refractivity contribution in [1.29, 1.82) is 5.26 Å². The Labute approximate surface area is 143 Å². The monoisotopic (exact) mass is 321 g/mol. The maximum atomic E-state index is 9.00. The number of nitrogens with zero attached hydrogens (tertiary/aromatic N) is 5. The van der Waals surface area contributed by atoms with Gasteiger partial charge >= 0.3 is 0 Å². The summed E-state index contributed by atoms with van der Waals surface area (Å²) in [4.78, 5) is 13.5. The summed E-state index contributed by atoms with van der Waals surface area (Å²) in [5, 5.41) is 9.00. The van der Waals surface area contributed by atoms with Crippen molar-refractivity contribution >= 4 is 5.82 Å². The van der Waals surface area contributed by atoms with Crippen LogP contribution < -0.4 is 4.90 Å². The highest BCUT2D eigenvalue weighted by atomic mass is 15.2. The first-order chi connectivity index (χ1) is 11.8. The van der Waals surface area contributed by atoms with Crippen molar-refractivity contribution in [3.05, 3.63) is 54.0 Å². The Hall–Kier alpha value is -2.45. The van der Waals surface area contributed by atoms with Crippen molar-refractivity contribution in [2.24, 2.45) is 0 Å². The lowest BCUT2D eigenvalue weighted by Gasteiger charge is -2.37. The lowest BCUT2D eigenvalue weighted by molar-refractivity contribution is 0.212. The third-order valence-electron chi connectivity index (χ3n) is 4.73. The molecule has 0 amide bonds. The molecular weight excluding hydrogens is 298 g/mol. The highest BCUT2D eigenvalue weighted by Gasteiger charge is 2.23. The van der Waals surface area contributed by atoms with E-state index in [1.54, 1.807) is 6.07 Å². The third kappa shape index (κ3) is 4.09. The number of pyridine rings is 2. The first kappa shape index (κ1) is 16.4. The fourth-order valence-corrected chi connectivity index (χ4v) is 3.22. The fraction of sp³-hybridized carbons (Fsp3) is 0.421. The summed E-state index contributed by atoms with van der Waals surface area (Å²) in [6, 6.07) is 14.3. The number of likely N-dealkylation sites (tertiary alicyclic amines) is 1. The summed E-state index contributed by atoms with van der Waals surface area (Å²) in [6.45, 7) is 3.26. The van der Waals surface area contributed by atoms with Crippen molar-refractivity contribution in [2.45, 2.75) is 25.3 Å². The Bertz CT molecular complexity index is 686. The zero-order valence-electron chi connectivity index (χ0n) is 14.1. The Balaban J connectivity index is 1.50. The molecule has 1 saturated heterocycles. The second-order valence-corrected chi connectivity index (χ2v) is 6.25. The fourth-order valence-electron chi connectivity index (χ4n) is 3.22. The van der Waals surface area contributed by atoms with E-state index in [0.717, 1.165) is 50.4 Å². The van der Waals surface area contributed by atoms with Gasteiger partial charge in [0, 0.05) is 51.0 Å². The van der Waals surface area contributed by atoms with E-state index in [1.807, 2.05) is 30.5 Å². The largest absolute Gasteiger partial charge is 0.357 e. The minimum Gasteiger partial charge on any atom is -0.357 e. The molecule has 0 atom stereocenters. The number of hydrogen-bond donors (Lipinski definition) is 0. The molecule has 3 heterocycles.